The molecular weight excluding hydrogens is 223 g/mol. The van der Waals surface area contributed by atoms with Crippen molar-refractivity contribution in [2.75, 3.05) is 18.5 Å². The van der Waals surface area contributed by atoms with Gasteiger partial charge in [0.15, 0.2) is 0 Å². The standard InChI is InChI=1S/C16H34P/c1-5-12-17(13-6-2,14-7-3)16-10-8-15(4)9-11-16/h15-16H,5-14H2,1-4H3/q+1. The molecule has 0 spiro atoms. The Labute approximate surface area is 110 Å². The lowest BCUT2D eigenvalue weighted by Gasteiger charge is -2.38. The van der Waals surface area contributed by atoms with Gasteiger partial charge in [-0.1, -0.05) is 27.7 Å². The van der Waals surface area contributed by atoms with E-state index in [9.17, 15) is 0 Å². The molecule has 0 atom stereocenters. The zero-order valence-electron chi connectivity index (χ0n) is 12.7. The van der Waals surface area contributed by atoms with Crippen molar-refractivity contribution in [2.45, 2.75) is 78.3 Å². The number of hydrogen-bond acceptors (Lipinski definition) is 0. The molecule has 1 heteroatoms. The fourth-order valence-electron chi connectivity index (χ4n) is 4.01. The van der Waals surface area contributed by atoms with Crippen molar-refractivity contribution in [3.8, 4) is 0 Å². The van der Waals surface area contributed by atoms with Crippen molar-refractivity contribution < 1.29 is 0 Å². The van der Waals surface area contributed by atoms with Crippen molar-refractivity contribution in [3.63, 3.8) is 0 Å². The largest absolute Gasteiger partial charge is 0.0697 e. The minimum absolute atomic E-state index is 0.598. The van der Waals surface area contributed by atoms with Crippen LogP contribution in [0.5, 0.6) is 0 Å². The van der Waals surface area contributed by atoms with Crippen LogP contribution in [0.4, 0.5) is 0 Å². The van der Waals surface area contributed by atoms with Gasteiger partial charge in [-0.05, 0) is 50.9 Å². The van der Waals surface area contributed by atoms with Crippen molar-refractivity contribution >= 4 is 7.26 Å². The van der Waals surface area contributed by atoms with Crippen molar-refractivity contribution in [1.29, 1.82) is 0 Å². The summed E-state index contributed by atoms with van der Waals surface area (Å²) in [4.78, 5) is 0. The minimum Gasteiger partial charge on any atom is -0.0625 e. The van der Waals surface area contributed by atoms with Gasteiger partial charge in [0.2, 0.25) is 0 Å². The van der Waals surface area contributed by atoms with Crippen LogP contribution in [-0.4, -0.2) is 24.1 Å². The third kappa shape index (κ3) is 4.23. The maximum atomic E-state index is 2.45. The summed E-state index contributed by atoms with van der Waals surface area (Å²) in [5.74, 6) is 1.01. The average molecular weight is 257 g/mol. The molecule has 0 radical (unpaired) electrons. The first-order valence-corrected chi connectivity index (χ1v) is 10.5. The lowest BCUT2D eigenvalue weighted by Crippen LogP contribution is -2.26. The second-order valence-corrected chi connectivity index (χ2v) is 10.8. The summed E-state index contributed by atoms with van der Waals surface area (Å²) >= 11 is 0. The van der Waals surface area contributed by atoms with Crippen LogP contribution in [0.3, 0.4) is 0 Å². The summed E-state index contributed by atoms with van der Waals surface area (Å²) in [5.41, 5.74) is 1.15. The third-order valence-corrected chi connectivity index (χ3v) is 10.8. The smallest absolute Gasteiger partial charge is 0.0625 e. The van der Waals surface area contributed by atoms with Crippen molar-refractivity contribution in [2.24, 2.45) is 5.92 Å². The fourth-order valence-corrected chi connectivity index (χ4v) is 9.84. The summed E-state index contributed by atoms with van der Waals surface area (Å²) in [6, 6.07) is 0. The van der Waals surface area contributed by atoms with Crippen LogP contribution < -0.4 is 0 Å². The van der Waals surface area contributed by atoms with Crippen LogP contribution in [0.25, 0.3) is 0 Å². The van der Waals surface area contributed by atoms with Gasteiger partial charge in [-0.15, -0.1) is 0 Å². The van der Waals surface area contributed by atoms with Crippen LogP contribution in [0.15, 0.2) is 0 Å². The molecule has 102 valence electrons. The predicted molar refractivity (Wildman–Crippen MR) is 83.8 cm³/mol. The van der Waals surface area contributed by atoms with E-state index in [1.165, 1.54) is 32.1 Å². The molecule has 0 saturated heterocycles. The molecule has 0 unspecified atom stereocenters. The Balaban J connectivity index is 2.71. The van der Waals surface area contributed by atoms with E-state index in [2.05, 4.69) is 27.7 Å². The van der Waals surface area contributed by atoms with E-state index in [0.29, 0.717) is 0 Å². The van der Waals surface area contributed by atoms with E-state index in [1.54, 1.807) is 31.3 Å². The zero-order chi connectivity index (χ0) is 12.7. The van der Waals surface area contributed by atoms with E-state index >= 15 is 0 Å². The van der Waals surface area contributed by atoms with Gasteiger partial charge < -0.3 is 0 Å². The predicted octanol–water partition coefficient (Wildman–Crippen LogP) is 5.81. The SMILES string of the molecule is CCC[P+](CCC)(CCC)C1CCC(C)CC1. The Morgan fingerprint density at radius 2 is 1.18 bits per heavy atom. The molecule has 0 aromatic heterocycles. The molecule has 0 amide bonds. The molecule has 1 aliphatic rings. The molecule has 1 saturated carbocycles. The van der Waals surface area contributed by atoms with Crippen molar-refractivity contribution in [3.05, 3.63) is 0 Å². The van der Waals surface area contributed by atoms with Crippen LogP contribution in [-0.2, 0) is 0 Å². The highest BCUT2D eigenvalue weighted by atomic mass is 31.2. The lowest BCUT2D eigenvalue weighted by molar-refractivity contribution is 0.387. The summed E-state index contributed by atoms with van der Waals surface area (Å²) in [5, 5.41) is 0. The summed E-state index contributed by atoms with van der Waals surface area (Å²) < 4.78 is 0. The van der Waals surface area contributed by atoms with Gasteiger partial charge in [-0.3, -0.25) is 0 Å². The average Bonchev–Trinajstić information content (AvgIpc) is 2.30. The van der Waals surface area contributed by atoms with Crippen LogP contribution in [0, 0.1) is 5.92 Å². The first-order valence-electron chi connectivity index (χ1n) is 8.04. The van der Waals surface area contributed by atoms with Crippen LogP contribution in [0.2, 0.25) is 0 Å². The summed E-state index contributed by atoms with van der Waals surface area (Å²) in [6.45, 7) is 9.68. The molecule has 0 bridgehead atoms. The van der Waals surface area contributed by atoms with E-state index in [-0.39, 0.29) is 0 Å². The molecule has 0 aromatic rings. The van der Waals surface area contributed by atoms with Gasteiger partial charge in [0.25, 0.3) is 0 Å². The minimum atomic E-state index is -0.598. The first kappa shape index (κ1) is 15.5. The summed E-state index contributed by atoms with van der Waals surface area (Å²) in [7, 11) is -0.598. The Morgan fingerprint density at radius 3 is 1.53 bits per heavy atom. The zero-order valence-corrected chi connectivity index (χ0v) is 13.6. The normalized spacial score (nSPS) is 26.1. The molecule has 0 heterocycles. The molecular formula is C16H34P+. The van der Waals surface area contributed by atoms with Crippen molar-refractivity contribution in [1.82, 2.24) is 0 Å². The molecule has 0 nitrogen and oxygen atoms in total. The van der Waals surface area contributed by atoms with Gasteiger partial charge in [0.1, 0.15) is 0 Å². The molecule has 17 heavy (non-hydrogen) atoms. The van der Waals surface area contributed by atoms with E-state index in [4.69, 9.17) is 0 Å². The highest BCUT2D eigenvalue weighted by Gasteiger charge is 2.43. The topological polar surface area (TPSA) is 0 Å². The highest BCUT2D eigenvalue weighted by Crippen LogP contribution is 2.67. The lowest BCUT2D eigenvalue weighted by atomic mass is 9.91. The second kappa shape index (κ2) is 7.78. The quantitative estimate of drug-likeness (QED) is 0.505. The third-order valence-electron chi connectivity index (χ3n) is 4.77. The van der Waals surface area contributed by atoms with Gasteiger partial charge in [0.05, 0.1) is 24.1 Å². The van der Waals surface area contributed by atoms with Gasteiger partial charge in [-0.25, -0.2) is 0 Å². The monoisotopic (exact) mass is 257 g/mol. The van der Waals surface area contributed by atoms with E-state index in [0.717, 1.165) is 11.6 Å². The molecule has 1 rings (SSSR count). The maximum absolute atomic E-state index is 2.45. The van der Waals surface area contributed by atoms with E-state index < -0.39 is 7.26 Å². The second-order valence-electron chi connectivity index (χ2n) is 6.30. The number of rotatable bonds is 7. The first-order chi connectivity index (χ1) is 8.18. The Kier molecular flexibility index (Phi) is 7.08. The molecule has 1 aliphatic carbocycles. The Bertz CT molecular complexity index is 175. The molecule has 1 fully saturated rings. The highest BCUT2D eigenvalue weighted by molar-refractivity contribution is 7.76. The van der Waals surface area contributed by atoms with Crippen LogP contribution in [0.1, 0.15) is 72.6 Å². The Morgan fingerprint density at radius 1 is 0.765 bits per heavy atom. The Hall–Kier alpha value is 0.430. The van der Waals surface area contributed by atoms with Gasteiger partial charge in [-0.2, -0.15) is 0 Å². The summed E-state index contributed by atoms with van der Waals surface area (Å²) in [6.07, 6.45) is 15.2. The van der Waals surface area contributed by atoms with Gasteiger partial charge >= 0.3 is 0 Å². The fraction of sp³-hybridized carbons (Fsp3) is 1.00. The molecule has 0 aromatic carbocycles. The van der Waals surface area contributed by atoms with Gasteiger partial charge in [0, 0.05) is 7.26 Å². The van der Waals surface area contributed by atoms with Crippen LogP contribution >= 0.6 is 7.26 Å². The molecule has 0 aliphatic heterocycles. The number of hydrogen-bond donors (Lipinski definition) is 0. The maximum Gasteiger partial charge on any atom is 0.0697 e. The van der Waals surface area contributed by atoms with E-state index in [1.807, 2.05) is 0 Å². The molecule has 0 N–H and O–H groups in total.